The minimum Gasteiger partial charge on any atom is -0.309 e. The van der Waals surface area contributed by atoms with Gasteiger partial charge in [0.1, 0.15) is 0 Å². The van der Waals surface area contributed by atoms with Gasteiger partial charge >= 0.3 is 0 Å². The molecule has 11 aromatic rings. The van der Waals surface area contributed by atoms with E-state index in [0.29, 0.717) is 0 Å². The van der Waals surface area contributed by atoms with Crippen LogP contribution in [0.5, 0.6) is 0 Å². The summed E-state index contributed by atoms with van der Waals surface area (Å²) in [7, 11) is 0. The minimum atomic E-state index is 0.946. The molecule has 0 radical (unpaired) electrons. The van der Waals surface area contributed by atoms with Crippen LogP contribution in [0, 0.1) is 0 Å². The van der Waals surface area contributed by atoms with Gasteiger partial charge in [0.15, 0.2) is 0 Å². The van der Waals surface area contributed by atoms with Crippen LogP contribution in [0.2, 0.25) is 0 Å². The fraction of sp³-hybridized carbons (Fsp3) is 0. The van der Waals surface area contributed by atoms with Gasteiger partial charge in [-0.15, -0.1) is 0 Å². The normalized spacial score (nSPS) is 11.6. The number of para-hydroxylation sites is 2. The van der Waals surface area contributed by atoms with Gasteiger partial charge in [-0.25, -0.2) is 4.98 Å². The van der Waals surface area contributed by atoms with Crippen LogP contribution < -0.4 is 0 Å². The maximum Gasteiger partial charge on any atom is 0.0963 e. The van der Waals surface area contributed by atoms with Gasteiger partial charge in [-0.1, -0.05) is 127 Å². The summed E-state index contributed by atoms with van der Waals surface area (Å²) in [6.07, 6.45) is 1.89. The number of pyridine rings is 2. The molecule has 4 heterocycles. The quantitative estimate of drug-likeness (QED) is 0.172. The third-order valence-corrected chi connectivity index (χ3v) is 10.9. The lowest BCUT2D eigenvalue weighted by Crippen LogP contribution is -1.96. The van der Waals surface area contributed by atoms with Gasteiger partial charge in [-0.2, -0.15) is 0 Å². The minimum absolute atomic E-state index is 0.946. The van der Waals surface area contributed by atoms with Gasteiger partial charge in [0.05, 0.1) is 39.0 Å². The molecule has 0 bridgehead atoms. The maximum atomic E-state index is 5.13. The van der Waals surface area contributed by atoms with E-state index in [0.717, 1.165) is 78.1 Å². The third-order valence-electron chi connectivity index (χ3n) is 10.9. The number of nitrogens with zero attached hydrogens (tertiary/aromatic N) is 4. The highest BCUT2D eigenvalue weighted by Gasteiger charge is 2.17. The summed E-state index contributed by atoms with van der Waals surface area (Å²) < 4.78 is 4.74. The standard InChI is InChI=1S/C52H34N4/c1-4-14-35(15-5-1)46-31-40(32-47(54-46)36-16-6-2-7-17-36)37-18-12-21-42(30-37)56-49-24-13-29-53-52(49)45-28-26-39(34-51(45)56)38-25-27-44-43-22-10-11-23-48(43)55(50(44)33-38)41-19-8-3-9-20-41/h1-34H. The van der Waals surface area contributed by atoms with Crippen molar-refractivity contribution in [3.8, 4) is 56.1 Å². The Hall–Kier alpha value is -7.56. The van der Waals surface area contributed by atoms with Crippen molar-refractivity contribution in [2.24, 2.45) is 0 Å². The van der Waals surface area contributed by atoms with Crippen LogP contribution in [-0.2, 0) is 0 Å². The fourth-order valence-corrected chi connectivity index (χ4v) is 8.33. The maximum absolute atomic E-state index is 5.13. The average molecular weight is 715 g/mol. The molecular weight excluding hydrogens is 681 g/mol. The Morgan fingerprint density at radius 3 is 1.54 bits per heavy atom. The number of aromatic nitrogens is 4. The van der Waals surface area contributed by atoms with Crippen LogP contribution in [0.1, 0.15) is 0 Å². The van der Waals surface area contributed by atoms with Crippen LogP contribution >= 0.6 is 0 Å². The number of fused-ring (bicyclic) bond motifs is 6. The van der Waals surface area contributed by atoms with E-state index in [9.17, 15) is 0 Å². The van der Waals surface area contributed by atoms with Crippen molar-refractivity contribution >= 4 is 43.7 Å². The second-order valence-corrected chi connectivity index (χ2v) is 14.3. The molecule has 11 rings (SSSR count). The smallest absolute Gasteiger partial charge is 0.0963 e. The summed E-state index contributed by atoms with van der Waals surface area (Å²) in [5.74, 6) is 0. The number of hydrogen-bond acceptors (Lipinski definition) is 2. The van der Waals surface area contributed by atoms with E-state index >= 15 is 0 Å². The first-order valence-electron chi connectivity index (χ1n) is 19.0. The van der Waals surface area contributed by atoms with E-state index in [4.69, 9.17) is 9.97 Å². The van der Waals surface area contributed by atoms with E-state index in [1.165, 1.54) is 21.8 Å². The van der Waals surface area contributed by atoms with Crippen LogP contribution in [0.15, 0.2) is 206 Å². The molecule has 7 aromatic carbocycles. The Kier molecular flexibility index (Phi) is 7.46. The zero-order valence-electron chi connectivity index (χ0n) is 30.4. The number of benzene rings is 7. The van der Waals surface area contributed by atoms with Gasteiger partial charge in [-0.05, 0) is 95.1 Å². The van der Waals surface area contributed by atoms with Gasteiger partial charge in [0.25, 0.3) is 0 Å². The molecule has 0 aliphatic carbocycles. The molecule has 4 nitrogen and oxygen atoms in total. The zero-order valence-corrected chi connectivity index (χ0v) is 30.4. The molecule has 0 N–H and O–H groups in total. The largest absolute Gasteiger partial charge is 0.309 e. The highest BCUT2D eigenvalue weighted by Crippen LogP contribution is 2.39. The fourth-order valence-electron chi connectivity index (χ4n) is 8.33. The van der Waals surface area contributed by atoms with Crippen molar-refractivity contribution < 1.29 is 0 Å². The molecule has 0 amide bonds. The third kappa shape index (κ3) is 5.31. The van der Waals surface area contributed by atoms with Gasteiger partial charge in [0.2, 0.25) is 0 Å². The zero-order chi connectivity index (χ0) is 37.0. The van der Waals surface area contributed by atoms with Crippen molar-refractivity contribution in [2.75, 3.05) is 0 Å². The molecule has 4 heteroatoms. The summed E-state index contributed by atoms with van der Waals surface area (Å²) in [4.78, 5) is 10.0. The van der Waals surface area contributed by atoms with Gasteiger partial charge in [-0.3, -0.25) is 4.98 Å². The first-order chi connectivity index (χ1) is 27.8. The summed E-state index contributed by atoms with van der Waals surface area (Å²) >= 11 is 0. The predicted molar refractivity (Wildman–Crippen MR) is 232 cm³/mol. The molecule has 0 fully saturated rings. The molecule has 0 unspecified atom stereocenters. The molecule has 0 spiro atoms. The molecule has 0 saturated heterocycles. The molecule has 262 valence electrons. The van der Waals surface area contributed by atoms with E-state index in [-0.39, 0.29) is 0 Å². The predicted octanol–water partition coefficient (Wildman–Crippen LogP) is 13.3. The lowest BCUT2D eigenvalue weighted by atomic mass is 9.99. The topological polar surface area (TPSA) is 35.6 Å². The number of rotatable bonds is 6. The first kappa shape index (κ1) is 31.9. The highest BCUT2D eigenvalue weighted by molar-refractivity contribution is 6.11. The summed E-state index contributed by atoms with van der Waals surface area (Å²) in [6.45, 7) is 0. The molecule has 0 aliphatic heterocycles. The molecule has 4 aromatic heterocycles. The van der Waals surface area contributed by atoms with Gasteiger partial charge in [0, 0.05) is 44.9 Å². The van der Waals surface area contributed by atoms with E-state index in [2.05, 4.69) is 191 Å². The lowest BCUT2D eigenvalue weighted by molar-refractivity contribution is 1.17. The van der Waals surface area contributed by atoms with Crippen molar-refractivity contribution in [3.63, 3.8) is 0 Å². The van der Waals surface area contributed by atoms with Crippen molar-refractivity contribution in [1.82, 2.24) is 19.1 Å². The highest BCUT2D eigenvalue weighted by atomic mass is 15.0. The Morgan fingerprint density at radius 1 is 0.304 bits per heavy atom. The molecule has 56 heavy (non-hydrogen) atoms. The SMILES string of the molecule is c1ccc(-c2cc(-c3cccc(-n4c5cc(-c6ccc7c8ccccc8n(-c8ccccc8)c7c6)ccc5c5ncccc54)c3)cc(-c3ccccc3)n2)cc1. The molecule has 0 aliphatic rings. The van der Waals surface area contributed by atoms with Gasteiger partial charge < -0.3 is 9.13 Å². The Balaban J connectivity index is 1.08. The van der Waals surface area contributed by atoms with E-state index in [1.54, 1.807) is 0 Å². The summed E-state index contributed by atoms with van der Waals surface area (Å²) in [6, 6.07) is 71.3. The van der Waals surface area contributed by atoms with Crippen LogP contribution in [0.25, 0.3) is 99.9 Å². The summed E-state index contributed by atoms with van der Waals surface area (Å²) in [5, 5.41) is 3.61. The van der Waals surface area contributed by atoms with Crippen LogP contribution in [-0.4, -0.2) is 19.1 Å². The lowest BCUT2D eigenvalue weighted by Gasteiger charge is -2.13. The summed E-state index contributed by atoms with van der Waals surface area (Å²) in [5.41, 5.74) is 16.4. The van der Waals surface area contributed by atoms with Crippen LogP contribution in [0.3, 0.4) is 0 Å². The average Bonchev–Trinajstić information content (AvgIpc) is 3.79. The Bertz CT molecular complexity index is 3170. The molecule has 0 saturated carbocycles. The second kappa shape index (κ2) is 13.1. The molecule has 0 atom stereocenters. The molecular formula is C52H34N4. The van der Waals surface area contributed by atoms with Crippen molar-refractivity contribution in [2.45, 2.75) is 0 Å². The van der Waals surface area contributed by atoms with E-state index < -0.39 is 0 Å². The Labute approximate surface area is 324 Å². The van der Waals surface area contributed by atoms with Crippen molar-refractivity contribution in [1.29, 1.82) is 0 Å². The van der Waals surface area contributed by atoms with E-state index in [1.807, 2.05) is 24.4 Å². The van der Waals surface area contributed by atoms with Crippen LogP contribution in [0.4, 0.5) is 0 Å². The second-order valence-electron chi connectivity index (χ2n) is 14.3. The monoisotopic (exact) mass is 714 g/mol. The first-order valence-corrected chi connectivity index (χ1v) is 19.0. The van der Waals surface area contributed by atoms with Crippen molar-refractivity contribution in [3.05, 3.63) is 206 Å². The Morgan fingerprint density at radius 2 is 0.821 bits per heavy atom. The number of hydrogen-bond donors (Lipinski definition) is 0.